The Kier molecular flexibility index (Phi) is 18.8. The molecular weight excluding hydrogens is 632 g/mol. The van der Waals surface area contributed by atoms with E-state index in [1.54, 1.807) is 12.1 Å². The Morgan fingerprint density at radius 2 is 1.27 bits per heavy atom. The summed E-state index contributed by atoms with van der Waals surface area (Å²) in [5, 5.41) is 45.7. The van der Waals surface area contributed by atoms with Gasteiger partial charge in [-0.3, -0.25) is 33.6 Å². The minimum Gasteiger partial charge on any atom is -0.508 e. The van der Waals surface area contributed by atoms with Crippen LogP contribution < -0.4 is 43.0 Å². The van der Waals surface area contributed by atoms with Crippen molar-refractivity contribution < 1.29 is 48.9 Å². The first-order valence-electron chi connectivity index (χ1n) is 15.4. The molecule has 0 saturated carbocycles. The van der Waals surface area contributed by atoms with Gasteiger partial charge < -0.3 is 58.3 Å². The molecule has 0 aliphatic carbocycles. The summed E-state index contributed by atoms with van der Waals surface area (Å²) < 4.78 is 0. The van der Waals surface area contributed by atoms with Crippen molar-refractivity contribution in [2.24, 2.45) is 5.73 Å². The molecule has 0 spiro atoms. The smallest absolute Gasteiger partial charge is 0.245 e. The third-order valence-corrected chi connectivity index (χ3v) is 6.63. The van der Waals surface area contributed by atoms with Gasteiger partial charge >= 0.3 is 0 Å². The number of rotatable bonds is 21. The molecule has 5 atom stereocenters. The number of hydrogen-bond acceptors (Lipinski definition) is 11. The number of phenols is 1. The number of nitrogens with one attached hydrogen (secondary N) is 7. The highest BCUT2D eigenvalue weighted by atomic mass is 16.3. The number of aliphatic hydroxyl groups is 2. The van der Waals surface area contributed by atoms with E-state index in [0.717, 1.165) is 0 Å². The summed E-state index contributed by atoms with van der Waals surface area (Å²) >= 11 is 0. The van der Waals surface area contributed by atoms with Crippen LogP contribution >= 0.6 is 0 Å². The number of nitrogens with two attached hydrogens (primary N) is 1. The quantitative estimate of drug-likeness (QED) is 0.0553. The van der Waals surface area contributed by atoms with Gasteiger partial charge in [-0.25, -0.2) is 0 Å². The number of hydrogen-bond donors (Lipinski definition) is 11. The fraction of sp³-hybridized carbons (Fsp3) is 0.567. The second-order valence-electron chi connectivity index (χ2n) is 11.1. The van der Waals surface area contributed by atoms with E-state index >= 15 is 0 Å². The van der Waals surface area contributed by atoms with Gasteiger partial charge in [-0.15, -0.1) is 0 Å². The molecule has 5 unspecified atom stereocenters. The third-order valence-electron chi connectivity index (χ3n) is 6.63. The van der Waals surface area contributed by atoms with E-state index in [9.17, 15) is 48.9 Å². The number of carbonyl (C=O) groups is 7. The Morgan fingerprint density at radius 1 is 0.708 bits per heavy atom. The first-order chi connectivity index (χ1) is 22.6. The van der Waals surface area contributed by atoms with E-state index in [2.05, 4.69) is 37.2 Å². The zero-order chi connectivity index (χ0) is 36.2. The zero-order valence-corrected chi connectivity index (χ0v) is 27.3. The molecule has 12 N–H and O–H groups in total. The first-order valence-corrected chi connectivity index (χ1v) is 15.4. The lowest BCUT2D eigenvalue weighted by Gasteiger charge is -2.25. The van der Waals surface area contributed by atoms with Crippen molar-refractivity contribution in [1.82, 2.24) is 37.2 Å². The molecule has 0 radical (unpaired) electrons. The molecule has 1 aromatic rings. The van der Waals surface area contributed by atoms with E-state index in [0.29, 0.717) is 24.9 Å². The number of carbonyl (C=O) groups excluding carboxylic acids is 7. The first kappa shape index (κ1) is 41.2. The second kappa shape index (κ2) is 21.9. The molecule has 0 aliphatic rings. The second-order valence-corrected chi connectivity index (χ2v) is 11.1. The largest absolute Gasteiger partial charge is 0.508 e. The lowest BCUT2D eigenvalue weighted by Crippen LogP contribution is -2.58. The van der Waals surface area contributed by atoms with Crippen molar-refractivity contribution in [1.29, 1.82) is 0 Å². The SMILES string of the molecule is CC(=O)NCC(=O)NC(Cc1ccc(O)cc1)C(=O)NCC(=O)NC(CCCCN)C(=O)NC(C(=O)NCC(=O)NCC(C)O)C(C)O. The van der Waals surface area contributed by atoms with Gasteiger partial charge in [0.05, 0.1) is 31.8 Å². The lowest BCUT2D eigenvalue weighted by atomic mass is 10.0. The molecule has 0 bridgehead atoms. The predicted octanol–water partition coefficient (Wildman–Crippen LogP) is -4.24. The van der Waals surface area contributed by atoms with E-state index in [4.69, 9.17) is 5.73 Å². The summed E-state index contributed by atoms with van der Waals surface area (Å²) in [5.41, 5.74) is 6.13. The van der Waals surface area contributed by atoms with Gasteiger partial charge in [0, 0.05) is 19.9 Å². The van der Waals surface area contributed by atoms with Gasteiger partial charge in [0.2, 0.25) is 41.4 Å². The maximum atomic E-state index is 13.2. The molecule has 0 saturated heterocycles. The molecule has 1 aromatic carbocycles. The number of aromatic hydroxyl groups is 1. The van der Waals surface area contributed by atoms with E-state index in [-0.39, 0.29) is 25.1 Å². The maximum Gasteiger partial charge on any atom is 0.245 e. The average molecular weight is 681 g/mol. The Hall–Kier alpha value is -4.81. The van der Waals surface area contributed by atoms with Gasteiger partial charge in [-0.05, 0) is 57.4 Å². The Balaban J connectivity index is 2.92. The van der Waals surface area contributed by atoms with E-state index in [1.807, 2.05) is 0 Å². The van der Waals surface area contributed by atoms with Gasteiger partial charge in [0.1, 0.15) is 23.9 Å². The molecule has 268 valence electrons. The zero-order valence-electron chi connectivity index (χ0n) is 27.3. The molecule has 0 aliphatic heterocycles. The summed E-state index contributed by atoms with van der Waals surface area (Å²) in [5.74, 6) is -4.95. The van der Waals surface area contributed by atoms with Gasteiger partial charge in [0.15, 0.2) is 0 Å². The van der Waals surface area contributed by atoms with Crippen LogP contribution in [-0.2, 0) is 40.0 Å². The van der Waals surface area contributed by atoms with Crippen molar-refractivity contribution in [3.05, 3.63) is 29.8 Å². The number of benzene rings is 1. The number of aliphatic hydroxyl groups excluding tert-OH is 2. The Morgan fingerprint density at radius 3 is 1.83 bits per heavy atom. The highest BCUT2D eigenvalue weighted by Gasteiger charge is 2.30. The van der Waals surface area contributed by atoms with Gasteiger partial charge in [0.25, 0.3) is 0 Å². The standard InChI is InChI=1S/C30H48N8O10/c1-17(39)13-33-24(43)14-35-30(48)27(18(2)40)38-29(47)22(6-4-5-11-31)36-26(45)16-34-28(46)23(37-25(44)15-32-19(3)41)12-20-7-9-21(42)10-8-20/h7-10,17-18,22-23,27,39-40,42H,4-6,11-16,31H2,1-3H3,(H,32,41)(H,33,43)(H,34,46)(H,35,48)(H,36,45)(H,37,44)(H,38,47). The summed E-state index contributed by atoms with van der Waals surface area (Å²) in [7, 11) is 0. The van der Waals surface area contributed by atoms with Crippen molar-refractivity contribution in [2.75, 3.05) is 32.7 Å². The minimum atomic E-state index is -1.49. The fourth-order valence-corrected chi connectivity index (χ4v) is 4.09. The maximum absolute atomic E-state index is 13.2. The monoisotopic (exact) mass is 680 g/mol. The van der Waals surface area contributed by atoms with Crippen LogP contribution in [0.2, 0.25) is 0 Å². The Labute approximate surface area is 278 Å². The Bertz CT molecular complexity index is 1240. The highest BCUT2D eigenvalue weighted by molar-refractivity contribution is 5.95. The summed E-state index contributed by atoms with van der Waals surface area (Å²) in [6, 6.07) is 2.02. The predicted molar refractivity (Wildman–Crippen MR) is 172 cm³/mol. The van der Waals surface area contributed by atoms with Crippen molar-refractivity contribution in [3.63, 3.8) is 0 Å². The molecule has 0 heterocycles. The lowest BCUT2D eigenvalue weighted by molar-refractivity contribution is -0.135. The van der Waals surface area contributed by atoms with Gasteiger partial charge in [-0.2, -0.15) is 0 Å². The summed E-state index contributed by atoms with van der Waals surface area (Å²) in [6.45, 7) is 2.72. The van der Waals surface area contributed by atoms with E-state index in [1.165, 1.54) is 32.9 Å². The van der Waals surface area contributed by atoms with Crippen molar-refractivity contribution in [2.45, 2.75) is 76.8 Å². The number of amides is 7. The molecule has 0 fully saturated rings. The summed E-state index contributed by atoms with van der Waals surface area (Å²) in [4.78, 5) is 87.2. The normalized spacial score (nSPS) is 13.8. The van der Waals surface area contributed by atoms with Crippen LogP contribution in [-0.4, -0.2) is 120 Å². The molecular formula is C30H48N8O10. The topological polar surface area (TPSA) is 290 Å². The van der Waals surface area contributed by atoms with Crippen LogP contribution in [0, 0.1) is 0 Å². The molecule has 18 nitrogen and oxygen atoms in total. The highest BCUT2D eigenvalue weighted by Crippen LogP contribution is 2.11. The molecule has 0 aromatic heterocycles. The van der Waals surface area contributed by atoms with Crippen molar-refractivity contribution in [3.8, 4) is 5.75 Å². The number of unbranched alkanes of at least 4 members (excludes halogenated alkanes) is 1. The van der Waals surface area contributed by atoms with Crippen LogP contribution in [0.4, 0.5) is 0 Å². The minimum absolute atomic E-state index is 0.00657. The van der Waals surface area contributed by atoms with Crippen molar-refractivity contribution >= 4 is 41.4 Å². The van der Waals surface area contributed by atoms with Crippen LogP contribution in [0.15, 0.2) is 24.3 Å². The van der Waals surface area contributed by atoms with Crippen LogP contribution in [0.25, 0.3) is 0 Å². The fourth-order valence-electron chi connectivity index (χ4n) is 4.09. The average Bonchev–Trinajstić information content (AvgIpc) is 3.02. The summed E-state index contributed by atoms with van der Waals surface area (Å²) in [6.07, 6.45) is -1.19. The van der Waals surface area contributed by atoms with E-state index < -0.39 is 91.3 Å². The van der Waals surface area contributed by atoms with Crippen LogP contribution in [0.5, 0.6) is 5.75 Å². The molecule has 18 heteroatoms. The van der Waals surface area contributed by atoms with Crippen LogP contribution in [0.1, 0.15) is 45.6 Å². The molecule has 48 heavy (non-hydrogen) atoms. The van der Waals surface area contributed by atoms with Crippen LogP contribution in [0.3, 0.4) is 0 Å². The third kappa shape index (κ3) is 17.2. The molecule has 7 amide bonds. The molecule has 1 rings (SSSR count). The number of phenolic OH excluding ortho intramolecular Hbond substituents is 1. The van der Waals surface area contributed by atoms with Gasteiger partial charge in [-0.1, -0.05) is 12.1 Å².